The molecule has 0 bridgehead atoms. The van der Waals surface area contributed by atoms with Crippen molar-refractivity contribution in [2.75, 3.05) is 0 Å². The quantitative estimate of drug-likeness (QED) is 0.187. The lowest BCUT2D eigenvalue weighted by Gasteiger charge is -2.09. The van der Waals surface area contributed by atoms with Gasteiger partial charge in [-0.05, 0) is 41.5 Å². The Morgan fingerprint density at radius 3 is 1.70 bits per heavy atom. The van der Waals surface area contributed by atoms with E-state index in [9.17, 15) is 0 Å². The molecule has 0 radical (unpaired) electrons. The molecule has 0 atom stereocenters. The van der Waals surface area contributed by atoms with Crippen LogP contribution in [-0.4, -0.2) is 19.5 Å². The summed E-state index contributed by atoms with van der Waals surface area (Å²) >= 11 is 0. The SMILES string of the molecule is [2H]c1c([2H])c([2H])c(-c2ccc(-c3nc(-c4ccccc4)nc(-c4ccc5c(c4)oc4c(-n6c7ccccc7c7ccccc76)cccc45)n3)cc2)c([2H])c1[2H]. The summed E-state index contributed by atoms with van der Waals surface area (Å²) in [6.07, 6.45) is 0. The predicted octanol–water partition coefficient (Wildman–Crippen LogP) is 11.5. The van der Waals surface area contributed by atoms with E-state index in [1.54, 1.807) is 24.3 Å². The van der Waals surface area contributed by atoms with E-state index in [-0.39, 0.29) is 29.7 Å². The van der Waals surface area contributed by atoms with Gasteiger partial charge in [0.25, 0.3) is 0 Å². The summed E-state index contributed by atoms with van der Waals surface area (Å²) in [5.74, 6) is 1.38. The number of nitrogens with zero attached hydrogens (tertiary/aromatic N) is 4. The van der Waals surface area contributed by atoms with E-state index in [0.29, 0.717) is 34.2 Å². The van der Waals surface area contributed by atoms with Crippen LogP contribution in [0.25, 0.3) is 94.7 Å². The van der Waals surface area contributed by atoms with Gasteiger partial charge in [-0.1, -0.05) is 139 Å². The summed E-state index contributed by atoms with van der Waals surface area (Å²) in [7, 11) is 0. The highest BCUT2D eigenvalue weighted by Gasteiger charge is 2.19. The molecule has 5 heteroatoms. The molecule has 10 rings (SSSR count). The number of benzene rings is 7. The Bertz CT molecular complexity index is 3070. The van der Waals surface area contributed by atoms with Gasteiger partial charge in [-0.3, -0.25) is 0 Å². The van der Waals surface area contributed by atoms with E-state index < -0.39 is 6.04 Å². The first-order valence-corrected chi connectivity index (χ1v) is 16.3. The molecule has 3 aromatic heterocycles. The Morgan fingerprint density at radius 2 is 1.00 bits per heavy atom. The van der Waals surface area contributed by atoms with Gasteiger partial charge in [0.05, 0.1) is 23.6 Å². The highest BCUT2D eigenvalue weighted by Crippen LogP contribution is 2.39. The minimum atomic E-state index is -0.425. The highest BCUT2D eigenvalue weighted by molar-refractivity contribution is 6.13. The van der Waals surface area contributed by atoms with Crippen LogP contribution >= 0.6 is 0 Å². The maximum Gasteiger partial charge on any atom is 0.164 e. The van der Waals surface area contributed by atoms with Crippen molar-refractivity contribution in [2.24, 2.45) is 0 Å². The zero-order valence-corrected chi connectivity index (χ0v) is 26.5. The van der Waals surface area contributed by atoms with Gasteiger partial charge in [0.15, 0.2) is 23.1 Å². The van der Waals surface area contributed by atoms with Gasteiger partial charge in [-0.15, -0.1) is 0 Å². The molecule has 234 valence electrons. The fourth-order valence-corrected chi connectivity index (χ4v) is 6.81. The second-order valence-corrected chi connectivity index (χ2v) is 12.1. The van der Waals surface area contributed by atoms with Crippen LogP contribution < -0.4 is 0 Å². The largest absolute Gasteiger partial charge is 0.454 e. The molecule has 0 aliphatic heterocycles. The van der Waals surface area contributed by atoms with Crippen molar-refractivity contribution in [1.29, 1.82) is 0 Å². The summed E-state index contributed by atoms with van der Waals surface area (Å²) in [6.45, 7) is 0. The van der Waals surface area contributed by atoms with Crippen molar-refractivity contribution in [1.82, 2.24) is 19.5 Å². The molecule has 0 unspecified atom stereocenters. The van der Waals surface area contributed by atoms with Crippen LogP contribution in [0, 0.1) is 0 Å². The van der Waals surface area contributed by atoms with Gasteiger partial charge < -0.3 is 8.98 Å². The molecule has 0 saturated heterocycles. The summed E-state index contributed by atoms with van der Waals surface area (Å²) in [5.41, 5.74) is 7.52. The fraction of sp³-hybridized carbons (Fsp3) is 0. The molecule has 3 heterocycles. The van der Waals surface area contributed by atoms with E-state index in [4.69, 9.17) is 26.2 Å². The van der Waals surface area contributed by atoms with Crippen LogP contribution in [0.1, 0.15) is 6.85 Å². The predicted molar refractivity (Wildman–Crippen MR) is 203 cm³/mol. The third kappa shape index (κ3) is 4.60. The molecule has 50 heavy (non-hydrogen) atoms. The Labute approximate surface area is 294 Å². The Kier molecular flexibility index (Phi) is 5.35. The topological polar surface area (TPSA) is 56.7 Å². The lowest BCUT2D eigenvalue weighted by atomic mass is 10.0. The minimum absolute atomic E-state index is 0.138. The Balaban J connectivity index is 1.11. The van der Waals surface area contributed by atoms with Gasteiger partial charge in [-0.25, -0.2) is 15.0 Å². The van der Waals surface area contributed by atoms with Crippen LogP contribution in [0.5, 0.6) is 0 Å². The van der Waals surface area contributed by atoms with E-state index in [2.05, 4.69) is 71.3 Å². The lowest BCUT2D eigenvalue weighted by Crippen LogP contribution is -2.00. The van der Waals surface area contributed by atoms with E-state index in [1.165, 1.54) is 10.8 Å². The standard InChI is InChI=1S/C45H28N4O/c1-3-12-29(13-4-1)30-22-24-32(25-23-30)44-46-43(31-14-5-2-6-15-31)47-45(48-44)33-26-27-36-37-18-11-21-40(42(37)50-41(36)28-33)49-38-19-9-7-16-34(38)35-17-8-10-20-39(35)49/h1-28H/i1D,3D,4D,12D,13D. The zero-order valence-electron chi connectivity index (χ0n) is 31.5. The van der Waals surface area contributed by atoms with Crippen molar-refractivity contribution in [3.05, 3.63) is 170 Å². The van der Waals surface area contributed by atoms with Gasteiger partial charge in [0, 0.05) is 38.2 Å². The molecule has 0 amide bonds. The smallest absolute Gasteiger partial charge is 0.164 e. The normalized spacial score (nSPS) is 13.0. The second-order valence-electron chi connectivity index (χ2n) is 12.1. The van der Waals surface area contributed by atoms with E-state index in [1.807, 2.05) is 48.5 Å². The number of hydrogen-bond acceptors (Lipinski definition) is 4. The summed E-state index contributed by atoms with van der Waals surface area (Å²) in [6, 6.07) is 44.2. The average Bonchev–Trinajstić information content (AvgIpc) is 3.78. The second kappa shape index (κ2) is 11.4. The third-order valence-electron chi connectivity index (χ3n) is 9.16. The van der Waals surface area contributed by atoms with Crippen LogP contribution in [0.2, 0.25) is 0 Å². The molecular weight excluding hydrogens is 613 g/mol. The first-order valence-electron chi connectivity index (χ1n) is 18.8. The molecule has 10 aromatic rings. The number of fused-ring (bicyclic) bond motifs is 6. The van der Waals surface area contributed by atoms with E-state index in [0.717, 1.165) is 44.2 Å². The number of hydrogen-bond donors (Lipinski definition) is 0. The molecule has 0 aliphatic rings. The fourth-order valence-electron chi connectivity index (χ4n) is 6.81. The van der Waals surface area contributed by atoms with Crippen molar-refractivity contribution in [2.45, 2.75) is 0 Å². The molecule has 7 aromatic carbocycles. The maximum absolute atomic E-state index is 8.43. The molecule has 0 spiro atoms. The summed E-state index contributed by atoms with van der Waals surface area (Å²) in [4.78, 5) is 14.7. The number of rotatable bonds is 5. The van der Waals surface area contributed by atoms with Crippen molar-refractivity contribution >= 4 is 43.7 Å². The maximum atomic E-state index is 8.43. The number of para-hydroxylation sites is 3. The average molecular weight is 646 g/mol. The molecule has 0 saturated carbocycles. The van der Waals surface area contributed by atoms with Crippen molar-refractivity contribution in [3.8, 4) is 51.0 Å². The molecule has 5 nitrogen and oxygen atoms in total. The first kappa shape index (κ1) is 23.5. The van der Waals surface area contributed by atoms with Gasteiger partial charge in [0.2, 0.25) is 0 Å². The molecule has 0 N–H and O–H groups in total. The summed E-state index contributed by atoms with van der Waals surface area (Å²) < 4.78 is 50.1. The first-order chi connectivity index (χ1) is 26.9. The highest BCUT2D eigenvalue weighted by atomic mass is 16.3. The van der Waals surface area contributed by atoms with Gasteiger partial charge in [0.1, 0.15) is 5.58 Å². The molecule has 0 aliphatic carbocycles. The summed E-state index contributed by atoms with van der Waals surface area (Å²) in [5, 5.41) is 4.33. The zero-order chi connectivity index (χ0) is 37.4. The third-order valence-corrected chi connectivity index (χ3v) is 9.16. The van der Waals surface area contributed by atoms with E-state index >= 15 is 0 Å². The Hall–Kier alpha value is -6.85. The Morgan fingerprint density at radius 1 is 0.440 bits per heavy atom. The minimum Gasteiger partial charge on any atom is -0.454 e. The lowest BCUT2D eigenvalue weighted by molar-refractivity contribution is 0.666. The monoisotopic (exact) mass is 645 g/mol. The van der Waals surface area contributed by atoms with Gasteiger partial charge in [-0.2, -0.15) is 0 Å². The van der Waals surface area contributed by atoms with Crippen LogP contribution in [0.4, 0.5) is 0 Å². The van der Waals surface area contributed by atoms with Crippen molar-refractivity contribution < 1.29 is 11.3 Å². The number of aromatic nitrogens is 4. The van der Waals surface area contributed by atoms with Crippen LogP contribution in [0.3, 0.4) is 0 Å². The molecular formula is C45H28N4O. The van der Waals surface area contributed by atoms with Gasteiger partial charge >= 0.3 is 0 Å². The van der Waals surface area contributed by atoms with Crippen LogP contribution in [-0.2, 0) is 0 Å². The van der Waals surface area contributed by atoms with Crippen molar-refractivity contribution in [3.63, 3.8) is 0 Å². The van der Waals surface area contributed by atoms with Crippen LogP contribution in [0.15, 0.2) is 174 Å². The number of furan rings is 1. The molecule has 0 fully saturated rings.